The molecule has 2 heterocycles. The van der Waals surface area contributed by atoms with Crippen LogP contribution < -0.4 is 11.1 Å². The number of anilines is 1. The standard InChI is InChI=1S/C14H17FN4O2.ClH/c1-19-11-3-2-9(15)8-10(11)17-13(19)18-12(20)14(16)4-6-21-7-5-14;/h2-3,8H,4-7,16H2,1H3,(H,17,18,20);1H. The molecule has 1 aliphatic heterocycles. The third kappa shape index (κ3) is 2.92. The lowest BCUT2D eigenvalue weighted by atomic mass is 9.90. The van der Waals surface area contributed by atoms with Crippen LogP contribution in [-0.2, 0) is 16.6 Å². The molecule has 1 amide bonds. The van der Waals surface area contributed by atoms with Gasteiger partial charge in [-0.2, -0.15) is 0 Å². The van der Waals surface area contributed by atoms with Gasteiger partial charge in [-0.25, -0.2) is 9.37 Å². The number of amides is 1. The Kier molecular flexibility index (Phi) is 4.69. The predicted octanol–water partition coefficient (Wildman–Crippen LogP) is 1.58. The molecule has 2 aromatic rings. The summed E-state index contributed by atoms with van der Waals surface area (Å²) in [4.78, 5) is 16.6. The van der Waals surface area contributed by atoms with Crippen molar-refractivity contribution in [3.63, 3.8) is 0 Å². The van der Waals surface area contributed by atoms with Crippen LogP contribution in [0.15, 0.2) is 18.2 Å². The maximum atomic E-state index is 13.2. The van der Waals surface area contributed by atoms with Crippen molar-refractivity contribution in [1.82, 2.24) is 9.55 Å². The summed E-state index contributed by atoms with van der Waals surface area (Å²) in [5.74, 6) is -0.292. The Labute approximate surface area is 133 Å². The van der Waals surface area contributed by atoms with Crippen LogP contribution in [0.2, 0.25) is 0 Å². The number of halogens is 2. The molecule has 0 aliphatic carbocycles. The summed E-state index contributed by atoms with van der Waals surface area (Å²) in [5.41, 5.74) is 6.42. The van der Waals surface area contributed by atoms with Crippen molar-refractivity contribution in [2.75, 3.05) is 18.5 Å². The molecule has 1 aromatic heterocycles. The second-order valence-corrected chi connectivity index (χ2v) is 5.35. The number of aryl methyl sites for hydroxylation is 1. The van der Waals surface area contributed by atoms with E-state index in [1.54, 1.807) is 17.7 Å². The summed E-state index contributed by atoms with van der Waals surface area (Å²) in [6, 6.07) is 4.32. The van der Waals surface area contributed by atoms with E-state index in [2.05, 4.69) is 10.3 Å². The summed E-state index contributed by atoms with van der Waals surface area (Å²) in [5, 5.41) is 2.74. The fourth-order valence-corrected chi connectivity index (χ4v) is 2.47. The summed E-state index contributed by atoms with van der Waals surface area (Å²) >= 11 is 0. The topological polar surface area (TPSA) is 82.2 Å². The van der Waals surface area contributed by atoms with Crippen LogP contribution in [0.25, 0.3) is 11.0 Å². The fourth-order valence-electron chi connectivity index (χ4n) is 2.47. The van der Waals surface area contributed by atoms with Gasteiger partial charge < -0.3 is 15.0 Å². The number of fused-ring (bicyclic) bond motifs is 1. The van der Waals surface area contributed by atoms with Gasteiger partial charge in [-0.05, 0) is 25.0 Å². The SMILES string of the molecule is Cl.Cn1c(NC(=O)C2(N)CCOCC2)nc2cc(F)ccc21. The van der Waals surface area contributed by atoms with Gasteiger partial charge in [0.2, 0.25) is 11.9 Å². The zero-order valence-electron chi connectivity index (χ0n) is 12.1. The second kappa shape index (κ2) is 6.20. The first-order valence-electron chi connectivity index (χ1n) is 6.80. The van der Waals surface area contributed by atoms with E-state index in [-0.39, 0.29) is 24.1 Å². The van der Waals surface area contributed by atoms with Gasteiger partial charge in [0.25, 0.3) is 0 Å². The molecule has 0 saturated carbocycles. The Bertz CT molecular complexity index is 697. The summed E-state index contributed by atoms with van der Waals surface area (Å²) < 4.78 is 20.2. The molecule has 3 N–H and O–H groups in total. The smallest absolute Gasteiger partial charge is 0.246 e. The van der Waals surface area contributed by atoms with Crippen LogP contribution in [0.5, 0.6) is 0 Å². The highest BCUT2D eigenvalue weighted by molar-refractivity contribution is 5.98. The summed E-state index contributed by atoms with van der Waals surface area (Å²) in [6.45, 7) is 0.940. The lowest BCUT2D eigenvalue weighted by Crippen LogP contribution is -2.54. The Hall–Kier alpha value is -1.70. The van der Waals surface area contributed by atoms with E-state index in [9.17, 15) is 9.18 Å². The van der Waals surface area contributed by atoms with E-state index in [0.717, 1.165) is 5.52 Å². The van der Waals surface area contributed by atoms with Crippen molar-refractivity contribution in [2.45, 2.75) is 18.4 Å². The fraction of sp³-hybridized carbons (Fsp3) is 0.429. The van der Waals surface area contributed by atoms with Crippen LogP contribution in [0.3, 0.4) is 0 Å². The molecule has 22 heavy (non-hydrogen) atoms. The Morgan fingerprint density at radius 2 is 2.14 bits per heavy atom. The molecule has 120 valence electrons. The number of carbonyl (C=O) groups excluding carboxylic acids is 1. The van der Waals surface area contributed by atoms with Crippen LogP contribution in [0.1, 0.15) is 12.8 Å². The van der Waals surface area contributed by atoms with Gasteiger partial charge in [-0.1, -0.05) is 0 Å². The van der Waals surface area contributed by atoms with Crippen molar-refractivity contribution in [1.29, 1.82) is 0 Å². The van der Waals surface area contributed by atoms with Gasteiger partial charge in [0, 0.05) is 26.3 Å². The number of hydrogen-bond acceptors (Lipinski definition) is 4. The minimum atomic E-state index is -0.943. The third-order valence-corrected chi connectivity index (χ3v) is 3.91. The Morgan fingerprint density at radius 3 is 2.82 bits per heavy atom. The average Bonchev–Trinajstić information content (AvgIpc) is 2.75. The molecule has 1 saturated heterocycles. The van der Waals surface area contributed by atoms with Gasteiger partial charge in [-0.15, -0.1) is 12.4 Å². The molecule has 0 atom stereocenters. The maximum absolute atomic E-state index is 13.2. The first kappa shape index (κ1) is 16.7. The zero-order valence-corrected chi connectivity index (χ0v) is 13.0. The van der Waals surface area contributed by atoms with E-state index in [1.807, 2.05) is 0 Å². The van der Waals surface area contributed by atoms with Crippen molar-refractivity contribution < 1.29 is 13.9 Å². The van der Waals surface area contributed by atoms with Gasteiger partial charge in [0.05, 0.1) is 11.0 Å². The van der Waals surface area contributed by atoms with Crippen LogP contribution in [0, 0.1) is 5.82 Å². The van der Waals surface area contributed by atoms with E-state index in [1.165, 1.54) is 12.1 Å². The van der Waals surface area contributed by atoms with Gasteiger partial charge >= 0.3 is 0 Å². The van der Waals surface area contributed by atoms with E-state index in [0.29, 0.717) is 37.5 Å². The number of benzene rings is 1. The Morgan fingerprint density at radius 1 is 1.45 bits per heavy atom. The van der Waals surface area contributed by atoms with Crippen molar-refractivity contribution in [2.24, 2.45) is 12.8 Å². The molecule has 8 heteroatoms. The normalized spacial score (nSPS) is 17.0. The highest BCUT2D eigenvalue weighted by Gasteiger charge is 2.36. The number of nitrogens with one attached hydrogen (secondary N) is 1. The lowest BCUT2D eigenvalue weighted by Gasteiger charge is -2.31. The molecule has 0 bridgehead atoms. The molecule has 1 fully saturated rings. The highest BCUT2D eigenvalue weighted by atomic mass is 35.5. The monoisotopic (exact) mass is 328 g/mol. The molecule has 6 nitrogen and oxygen atoms in total. The number of carbonyl (C=O) groups is 1. The maximum Gasteiger partial charge on any atom is 0.246 e. The second-order valence-electron chi connectivity index (χ2n) is 5.35. The highest BCUT2D eigenvalue weighted by Crippen LogP contribution is 2.22. The van der Waals surface area contributed by atoms with Gasteiger partial charge in [0.1, 0.15) is 11.4 Å². The van der Waals surface area contributed by atoms with Crippen molar-refractivity contribution in [3.8, 4) is 0 Å². The number of hydrogen-bond donors (Lipinski definition) is 2. The number of nitrogens with zero attached hydrogens (tertiary/aromatic N) is 2. The number of aromatic nitrogens is 2. The van der Waals surface area contributed by atoms with E-state index in [4.69, 9.17) is 10.5 Å². The zero-order chi connectivity index (χ0) is 15.0. The molecule has 0 radical (unpaired) electrons. The largest absolute Gasteiger partial charge is 0.381 e. The molecular weight excluding hydrogens is 311 g/mol. The van der Waals surface area contributed by atoms with E-state index < -0.39 is 5.54 Å². The number of rotatable bonds is 2. The summed E-state index contributed by atoms with van der Waals surface area (Å²) in [6.07, 6.45) is 0.939. The minimum Gasteiger partial charge on any atom is -0.381 e. The quantitative estimate of drug-likeness (QED) is 0.877. The molecule has 1 aromatic carbocycles. The van der Waals surface area contributed by atoms with Crippen LogP contribution >= 0.6 is 12.4 Å². The van der Waals surface area contributed by atoms with Gasteiger partial charge in [-0.3, -0.25) is 10.1 Å². The summed E-state index contributed by atoms with van der Waals surface area (Å²) in [7, 11) is 1.76. The number of imidazole rings is 1. The van der Waals surface area contributed by atoms with Crippen molar-refractivity contribution in [3.05, 3.63) is 24.0 Å². The molecular formula is C14H18ClFN4O2. The average molecular weight is 329 g/mol. The number of nitrogens with two attached hydrogens (primary N) is 1. The predicted molar refractivity (Wildman–Crippen MR) is 83.5 cm³/mol. The lowest BCUT2D eigenvalue weighted by molar-refractivity contribution is -0.124. The number of ether oxygens (including phenoxy) is 1. The van der Waals surface area contributed by atoms with Crippen LogP contribution in [-0.4, -0.2) is 34.2 Å². The molecule has 3 rings (SSSR count). The molecule has 1 aliphatic rings. The minimum absolute atomic E-state index is 0. The van der Waals surface area contributed by atoms with E-state index >= 15 is 0 Å². The Balaban J connectivity index is 0.00000176. The third-order valence-electron chi connectivity index (χ3n) is 3.91. The van der Waals surface area contributed by atoms with Crippen molar-refractivity contribution >= 4 is 35.3 Å². The van der Waals surface area contributed by atoms with Crippen LogP contribution in [0.4, 0.5) is 10.3 Å². The molecule has 0 spiro atoms. The van der Waals surface area contributed by atoms with Gasteiger partial charge in [0.15, 0.2) is 0 Å². The molecule has 0 unspecified atom stereocenters. The first-order valence-corrected chi connectivity index (χ1v) is 6.80. The first-order chi connectivity index (χ1) is 9.99.